The molecular weight excluding hydrogens is 214 g/mol. The van der Waals surface area contributed by atoms with Crippen molar-refractivity contribution in [3.05, 3.63) is 40.9 Å². The van der Waals surface area contributed by atoms with Gasteiger partial charge in [0, 0.05) is 17.3 Å². The number of halogens is 1. The fourth-order valence-electron chi connectivity index (χ4n) is 1.13. The number of para-hydroxylation sites is 1. The minimum absolute atomic E-state index is 0.262. The maximum atomic E-state index is 10.8. The third kappa shape index (κ3) is 3.64. The summed E-state index contributed by atoms with van der Waals surface area (Å²) in [5.41, 5.74) is 0.859. The van der Waals surface area contributed by atoms with E-state index >= 15 is 0 Å². The van der Waals surface area contributed by atoms with Crippen molar-refractivity contribution in [3.63, 3.8) is 0 Å². The van der Waals surface area contributed by atoms with Gasteiger partial charge in [0.1, 0.15) is 0 Å². The van der Waals surface area contributed by atoms with E-state index in [1.54, 1.807) is 37.3 Å². The van der Waals surface area contributed by atoms with Gasteiger partial charge < -0.3 is 10.4 Å². The largest absolute Gasteiger partial charge is 0.478 e. The summed E-state index contributed by atoms with van der Waals surface area (Å²) in [4.78, 5) is 10.8. The van der Waals surface area contributed by atoms with Crippen LogP contribution in [0.4, 0.5) is 5.69 Å². The Kier molecular flexibility index (Phi) is 4.18. The lowest BCUT2D eigenvalue weighted by molar-refractivity contribution is 0.0698. The van der Waals surface area contributed by atoms with E-state index in [2.05, 4.69) is 5.32 Å². The van der Waals surface area contributed by atoms with Crippen molar-refractivity contribution in [2.24, 2.45) is 0 Å². The summed E-state index contributed by atoms with van der Waals surface area (Å²) in [5, 5.41) is 12.6. The molecular formula is C11H12ClNO2. The number of carbonyl (C=O) groups is 1. The zero-order chi connectivity index (χ0) is 11.3. The lowest BCUT2D eigenvalue weighted by Crippen LogP contribution is -2.05. The van der Waals surface area contributed by atoms with Gasteiger partial charge in [-0.05, 0) is 19.1 Å². The van der Waals surface area contributed by atoms with Gasteiger partial charge in [-0.15, -0.1) is 0 Å². The molecule has 0 spiro atoms. The van der Waals surface area contributed by atoms with Crippen molar-refractivity contribution in [1.82, 2.24) is 0 Å². The monoisotopic (exact) mass is 225 g/mol. The molecule has 80 valence electrons. The van der Waals surface area contributed by atoms with E-state index < -0.39 is 5.97 Å². The number of rotatable bonds is 4. The molecule has 1 aromatic rings. The second kappa shape index (κ2) is 5.41. The Morgan fingerprint density at radius 2 is 2.20 bits per heavy atom. The van der Waals surface area contributed by atoms with E-state index in [1.165, 1.54) is 0 Å². The Balaban J connectivity index is 2.76. The highest BCUT2D eigenvalue weighted by atomic mass is 35.5. The van der Waals surface area contributed by atoms with Gasteiger partial charge in [0.2, 0.25) is 0 Å². The van der Waals surface area contributed by atoms with Gasteiger partial charge in [0.05, 0.1) is 5.56 Å². The van der Waals surface area contributed by atoms with Crippen molar-refractivity contribution in [3.8, 4) is 0 Å². The van der Waals surface area contributed by atoms with Crippen LogP contribution < -0.4 is 5.32 Å². The van der Waals surface area contributed by atoms with Crippen LogP contribution in [-0.2, 0) is 0 Å². The average molecular weight is 226 g/mol. The zero-order valence-corrected chi connectivity index (χ0v) is 9.08. The van der Waals surface area contributed by atoms with E-state index in [0.717, 1.165) is 0 Å². The maximum absolute atomic E-state index is 10.8. The number of carboxylic acid groups (broad SMARTS) is 1. The van der Waals surface area contributed by atoms with E-state index in [1.807, 2.05) is 0 Å². The van der Waals surface area contributed by atoms with Gasteiger partial charge in [-0.3, -0.25) is 0 Å². The number of aromatic carboxylic acids is 1. The summed E-state index contributed by atoms with van der Waals surface area (Å²) in [7, 11) is 0. The van der Waals surface area contributed by atoms with Gasteiger partial charge in [-0.2, -0.15) is 0 Å². The first-order valence-electron chi connectivity index (χ1n) is 4.49. The standard InChI is InChI=1S/C11H12ClNO2/c1-8(12)6-7-13-10-5-3-2-4-9(10)11(14)15/h2-6,13H,7H2,1H3,(H,14,15)/b8-6+. The topological polar surface area (TPSA) is 49.3 Å². The molecule has 0 aliphatic rings. The lowest BCUT2D eigenvalue weighted by Gasteiger charge is -2.06. The lowest BCUT2D eigenvalue weighted by atomic mass is 10.2. The van der Waals surface area contributed by atoms with Crippen molar-refractivity contribution in [1.29, 1.82) is 0 Å². The molecule has 0 atom stereocenters. The first-order chi connectivity index (χ1) is 7.11. The van der Waals surface area contributed by atoms with E-state index in [9.17, 15) is 4.79 Å². The Morgan fingerprint density at radius 1 is 1.53 bits per heavy atom. The number of carboxylic acids is 1. The number of hydrogen-bond donors (Lipinski definition) is 2. The van der Waals surface area contributed by atoms with Crippen LogP contribution in [0.3, 0.4) is 0 Å². The molecule has 0 radical (unpaired) electrons. The van der Waals surface area contributed by atoms with E-state index in [4.69, 9.17) is 16.7 Å². The molecule has 3 nitrogen and oxygen atoms in total. The van der Waals surface area contributed by atoms with Gasteiger partial charge in [0.15, 0.2) is 0 Å². The molecule has 1 aromatic carbocycles. The van der Waals surface area contributed by atoms with E-state index in [-0.39, 0.29) is 5.56 Å². The molecule has 0 aliphatic heterocycles. The first kappa shape index (κ1) is 11.6. The molecule has 0 saturated heterocycles. The molecule has 0 saturated carbocycles. The normalized spacial score (nSPS) is 11.2. The van der Waals surface area contributed by atoms with Crippen LogP contribution in [0.25, 0.3) is 0 Å². The Labute approximate surface area is 93.4 Å². The molecule has 0 heterocycles. The maximum Gasteiger partial charge on any atom is 0.337 e. The van der Waals surface area contributed by atoms with Crippen molar-refractivity contribution in [2.75, 3.05) is 11.9 Å². The Morgan fingerprint density at radius 3 is 2.80 bits per heavy atom. The summed E-state index contributed by atoms with van der Waals surface area (Å²) in [6, 6.07) is 6.76. The summed E-state index contributed by atoms with van der Waals surface area (Å²) in [5.74, 6) is -0.940. The summed E-state index contributed by atoms with van der Waals surface area (Å²) in [6.07, 6.45) is 1.78. The minimum atomic E-state index is -0.940. The van der Waals surface area contributed by atoms with Crippen LogP contribution in [0.5, 0.6) is 0 Å². The molecule has 0 bridgehead atoms. The molecule has 2 N–H and O–H groups in total. The van der Waals surface area contributed by atoms with Gasteiger partial charge in [-0.1, -0.05) is 29.8 Å². The van der Waals surface area contributed by atoms with Gasteiger partial charge in [-0.25, -0.2) is 4.79 Å². The minimum Gasteiger partial charge on any atom is -0.478 e. The van der Waals surface area contributed by atoms with Gasteiger partial charge >= 0.3 is 5.97 Å². The molecule has 0 unspecified atom stereocenters. The number of allylic oxidation sites excluding steroid dienone is 1. The van der Waals surface area contributed by atoms with Crippen molar-refractivity contribution >= 4 is 23.3 Å². The molecule has 0 aliphatic carbocycles. The third-order valence-electron chi connectivity index (χ3n) is 1.83. The highest BCUT2D eigenvalue weighted by molar-refractivity contribution is 6.29. The Hall–Kier alpha value is -1.48. The summed E-state index contributed by atoms with van der Waals surface area (Å²) in [6.45, 7) is 2.28. The summed E-state index contributed by atoms with van der Waals surface area (Å²) >= 11 is 5.65. The fraction of sp³-hybridized carbons (Fsp3) is 0.182. The highest BCUT2D eigenvalue weighted by Crippen LogP contribution is 2.14. The zero-order valence-electron chi connectivity index (χ0n) is 8.33. The highest BCUT2D eigenvalue weighted by Gasteiger charge is 2.07. The number of hydrogen-bond acceptors (Lipinski definition) is 2. The number of anilines is 1. The third-order valence-corrected chi connectivity index (χ3v) is 1.99. The molecule has 1 rings (SSSR count). The predicted octanol–water partition coefficient (Wildman–Crippen LogP) is 2.94. The second-order valence-corrected chi connectivity index (χ2v) is 3.62. The van der Waals surface area contributed by atoms with Gasteiger partial charge in [0.25, 0.3) is 0 Å². The van der Waals surface area contributed by atoms with Crippen LogP contribution in [0, 0.1) is 0 Å². The van der Waals surface area contributed by atoms with Crippen molar-refractivity contribution < 1.29 is 9.90 Å². The number of benzene rings is 1. The second-order valence-electron chi connectivity index (χ2n) is 3.02. The first-order valence-corrected chi connectivity index (χ1v) is 4.87. The number of nitrogens with one attached hydrogen (secondary N) is 1. The molecule has 0 aromatic heterocycles. The van der Waals surface area contributed by atoms with Crippen LogP contribution in [0.15, 0.2) is 35.4 Å². The van der Waals surface area contributed by atoms with Crippen LogP contribution >= 0.6 is 11.6 Å². The average Bonchev–Trinajstić information content (AvgIpc) is 2.17. The smallest absolute Gasteiger partial charge is 0.337 e. The van der Waals surface area contributed by atoms with Crippen LogP contribution in [0.1, 0.15) is 17.3 Å². The predicted molar refractivity (Wildman–Crippen MR) is 61.5 cm³/mol. The molecule has 0 amide bonds. The SMILES string of the molecule is C/C(Cl)=C\CNc1ccccc1C(=O)O. The molecule has 15 heavy (non-hydrogen) atoms. The van der Waals surface area contributed by atoms with Crippen LogP contribution in [0.2, 0.25) is 0 Å². The van der Waals surface area contributed by atoms with Crippen LogP contribution in [-0.4, -0.2) is 17.6 Å². The fourth-order valence-corrected chi connectivity index (χ4v) is 1.20. The van der Waals surface area contributed by atoms with Crippen molar-refractivity contribution in [2.45, 2.75) is 6.92 Å². The quantitative estimate of drug-likeness (QED) is 0.828. The van der Waals surface area contributed by atoms with E-state index in [0.29, 0.717) is 17.3 Å². The summed E-state index contributed by atoms with van der Waals surface area (Å²) < 4.78 is 0. The molecule has 0 fully saturated rings. The molecule has 4 heteroatoms. The Bertz CT molecular complexity index is 384.